The van der Waals surface area contributed by atoms with Crippen LogP contribution in [-0.4, -0.2) is 40.4 Å². The summed E-state index contributed by atoms with van der Waals surface area (Å²) in [7, 11) is 0. The molecule has 0 saturated carbocycles. The predicted octanol–water partition coefficient (Wildman–Crippen LogP) is 0.906. The molecule has 0 amide bonds. The van der Waals surface area contributed by atoms with Crippen molar-refractivity contribution in [1.82, 2.24) is 9.80 Å². The Morgan fingerprint density at radius 1 is 1.45 bits per heavy atom. The second-order valence-electron chi connectivity index (χ2n) is 2.49. The van der Waals surface area contributed by atoms with Crippen LogP contribution in [0.1, 0.15) is 13.8 Å². The van der Waals surface area contributed by atoms with Gasteiger partial charge in [-0.3, -0.25) is 5.41 Å². The molecule has 1 aliphatic heterocycles. The molecule has 3 nitrogen and oxygen atoms in total. The molecule has 0 radical (unpaired) electrons. The first-order valence-corrected chi connectivity index (χ1v) is 4.25. The van der Waals surface area contributed by atoms with Gasteiger partial charge in [0, 0.05) is 13.1 Å². The molecule has 0 aromatic heterocycles. The van der Waals surface area contributed by atoms with Crippen molar-refractivity contribution in [3.05, 3.63) is 0 Å². The molecular weight excluding hydrogens is 158 g/mol. The number of nitrogens with zero attached hydrogens (tertiary/aromatic N) is 2. The highest BCUT2D eigenvalue weighted by Gasteiger charge is 2.26. The zero-order chi connectivity index (χ0) is 8.43. The standard InChI is InChI=1S/C7H13N3S/c1-3-9-5-6(8)10(4-2)7(9)11/h8H,3-5H2,1-2H3. The normalized spacial score (nSPS) is 18.4. The second-order valence-corrected chi connectivity index (χ2v) is 2.85. The Morgan fingerprint density at radius 3 is 2.36 bits per heavy atom. The van der Waals surface area contributed by atoms with Crippen LogP contribution in [0.2, 0.25) is 0 Å². The highest BCUT2D eigenvalue weighted by molar-refractivity contribution is 7.80. The van der Waals surface area contributed by atoms with Crippen molar-refractivity contribution in [2.24, 2.45) is 0 Å². The van der Waals surface area contributed by atoms with Gasteiger partial charge in [0.2, 0.25) is 0 Å². The molecule has 1 N–H and O–H groups in total. The molecule has 11 heavy (non-hydrogen) atoms. The summed E-state index contributed by atoms with van der Waals surface area (Å²) in [4.78, 5) is 3.89. The predicted molar refractivity (Wildman–Crippen MR) is 50.0 cm³/mol. The molecule has 62 valence electrons. The number of nitrogens with one attached hydrogen (secondary N) is 1. The van der Waals surface area contributed by atoms with Crippen molar-refractivity contribution in [2.75, 3.05) is 19.6 Å². The molecule has 1 rings (SSSR count). The number of likely N-dealkylation sites (N-methyl/N-ethyl adjacent to an activating group) is 2. The lowest BCUT2D eigenvalue weighted by molar-refractivity contribution is 0.504. The fraction of sp³-hybridized carbons (Fsp3) is 0.714. The number of amidine groups is 1. The van der Waals surface area contributed by atoms with Gasteiger partial charge in [-0.25, -0.2) is 0 Å². The Bertz CT molecular complexity index is 190. The Balaban J connectivity index is 2.71. The third-order valence-electron chi connectivity index (χ3n) is 1.87. The number of thiocarbonyl (C=S) groups is 1. The largest absolute Gasteiger partial charge is 0.342 e. The summed E-state index contributed by atoms with van der Waals surface area (Å²) >= 11 is 5.15. The fourth-order valence-corrected chi connectivity index (χ4v) is 1.63. The van der Waals surface area contributed by atoms with E-state index in [1.165, 1.54) is 0 Å². The zero-order valence-electron chi connectivity index (χ0n) is 6.92. The van der Waals surface area contributed by atoms with Crippen LogP contribution in [0.5, 0.6) is 0 Å². The van der Waals surface area contributed by atoms with E-state index in [2.05, 4.69) is 6.92 Å². The van der Waals surface area contributed by atoms with Crippen molar-refractivity contribution < 1.29 is 0 Å². The van der Waals surface area contributed by atoms with Gasteiger partial charge in [0.15, 0.2) is 5.11 Å². The van der Waals surface area contributed by atoms with Gasteiger partial charge in [-0.15, -0.1) is 0 Å². The summed E-state index contributed by atoms with van der Waals surface area (Å²) in [6.07, 6.45) is 0. The summed E-state index contributed by atoms with van der Waals surface area (Å²) in [5.41, 5.74) is 0. The third-order valence-corrected chi connectivity index (χ3v) is 2.34. The minimum absolute atomic E-state index is 0.624. The van der Waals surface area contributed by atoms with Crippen molar-refractivity contribution in [1.29, 1.82) is 5.41 Å². The SMILES string of the molecule is CCN1CC(=N)N(CC)C1=S. The molecule has 0 spiro atoms. The summed E-state index contributed by atoms with van der Waals surface area (Å²) in [6.45, 7) is 6.47. The molecule has 1 saturated heterocycles. The summed E-state index contributed by atoms with van der Waals surface area (Å²) in [5, 5.41) is 8.37. The quantitative estimate of drug-likeness (QED) is 0.626. The fourth-order valence-electron chi connectivity index (χ4n) is 1.19. The summed E-state index contributed by atoms with van der Waals surface area (Å²) < 4.78 is 0. The van der Waals surface area contributed by atoms with Crippen LogP contribution < -0.4 is 0 Å². The zero-order valence-corrected chi connectivity index (χ0v) is 7.74. The molecule has 0 aromatic carbocycles. The van der Waals surface area contributed by atoms with E-state index in [1.807, 2.05) is 16.7 Å². The maximum Gasteiger partial charge on any atom is 0.177 e. The minimum atomic E-state index is 0.624. The molecule has 1 heterocycles. The first kappa shape index (κ1) is 8.46. The lowest BCUT2D eigenvalue weighted by Crippen LogP contribution is -2.32. The molecule has 4 heteroatoms. The van der Waals surface area contributed by atoms with Crippen LogP contribution in [0.15, 0.2) is 0 Å². The molecule has 0 unspecified atom stereocenters. The Kier molecular flexibility index (Phi) is 2.44. The van der Waals surface area contributed by atoms with Gasteiger partial charge in [-0.1, -0.05) is 0 Å². The van der Waals surface area contributed by atoms with Crippen LogP contribution in [-0.2, 0) is 0 Å². The highest BCUT2D eigenvalue weighted by Crippen LogP contribution is 2.09. The average Bonchev–Trinajstić information content (AvgIpc) is 2.26. The van der Waals surface area contributed by atoms with Crippen LogP contribution in [0, 0.1) is 5.41 Å². The second kappa shape index (κ2) is 3.17. The van der Waals surface area contributed by atoms with Gasteiger partial charge < -0.3 is 9.80 Å². The molecule has 0 aliphatic carbocycles. The first-order valence-electron chi connectivity index (χ1n) is 3.84. The van der Waals surface area contributed by atoms with Crippen LogP contribution in [0.3, 0.4) is 0 Å². The van der Waals surface area contributed by atoms with Gasteiger partial charge in [0.05, 0.1) is 6.54 Å². The van der Waals surface area contributed by atoms with Gasteiger partial charge in [-0.05, 0) is 26.1 Å². The lowest BCUT2D eigenvalue weighted by atomic mass is 10.5. The first-order chi connectivity index (χ1) is 5.20. The van der Waals surface area contributed by atoms with E-state index < -0.39 is 0 Å². The maximum atomic E-state index is 7.57. The van der Waals surface area contributed by atoms with E-state index in [1.54, 1.807) is 0 Å². The molecule has 0 bridgehead atoms. The third kappa shape index (κ3) is 1.35. The van der Waals surface area contributed by atoms with Gasteiger partial charge >= 0.3 is 0 Å². The molecule has 1 fully saturated rings. The Labute approximate surface area is 72.5 Å². The smallest absolute Gasteiger partial charge is 0.177 e. The number of hydrogen-bond donors (Lipinski definition) is 1. The molecule has 0 atom stereocenters. The number of rotatable bonds is 2. The van der Waals surface area contributed by atoms with Gasteiger partial charge in [0.25, 0.3) is 0 Å². The van der Waals surface area contributed by atoms with E-state index in [0.29, 0.717) is 12.4 Å². The molecular formula is C7H13N3S. The minimum Gasteiger partial charge on any atom is -0.342 e. The van der Waals surface area contributed by atoms with Crippen molar-refractivity contribution in [3.63, 3.8) is 0 Å². The summed E-state index contributed by atoms with van der Waals surface area (Å²) in [6, 6.07) is 0. The van der Waals surface area contributed by atoms with Gasteiger partial charge in [-0.2, -0.15) is 0 Å². The Morgan fingerprint density at radius 2 is 2.09 bits per heavy atom. The van der Waals surface area contributed by atoms with Crippen LogP contribution >= 0.6 is 12.2 Å². The van der Waals surface area contributed by atoms with E-state index in [4.69, 9.17) is 17.6 Å². The number of hydrogen-bond acceptors (Lipinski definition) is 2. The van der Waals surface area contributed by atoms with Crippen molar-refractivity contribution in [3.8, 4) is 0 Å². The molecule has 1 aliphatic rings. The van der Waals surface area contributed by atoms with Crippen molar-refractivity contribution in [2.45, 2.75) is 13.8 Å². The Hall–Kier alpha value is -0.640. The highest BCUT2D eigenvalue weighted by atomic mass is 32.1. The van der Waals surface area contributed by atoms with Crippen LogP contribution in [0.25, 0.3) is 0 Å². The molecule has 0 aromatic rings. The lowest BCUT2D eigenvalue weighted by Gasteiger charge is -2.17. The average molecular weight is 171 g/mol. The van der Waals surface area contributed by atoms with Crippen molar-refractivity contribution >= 4 is 23.2 Å². The van der Waals surface area contributed by atoms with Crippen LogP contribution in [0.4, 0.5) is 0 Å². The van der Waals surface area contributed by atoms with E-state index in [0.717, 1.165) is 18.2 Å². The topological polar surface area (TPSA) is 30.3 Å². The summed E-state index contributed by atoms with van der Waals surface area (Å²) in [5.74, 6) is 0.624. The van der Waals surface area contributed by atoms with Gasteiger partial charge in [0.1, 0.15) is 5.84 Å². The van der Waals surface area contributed by atoms with E-state index in [9.17, 15) is 0 Å². The van der Waals surface area contributed by atoms with E-state index >= 15 is 0 Å². The monoisotopic (exact) mass is 171 g/mol. The maximum absolute atomic E-state index is 7.57. The van der Waals surface area contributed by atoms with E-state index in [-0.39, 0.29) is 0 Å².